The second kappa shape index (κ2) is 6.73. The lowest BCUT2D eigenvalue weighted by Crippen LogP contribution is -2.48. The minimum absolute atomic E-state index is 0.0580. The molecule has 1 unspecified atom stereocenters. The molecule has 1 aromatic heterocycles. The van der Waals surface area contributed by atoms with Crippen molar-refractivity contribution < 1.29 is 27.5 Å². The van der Waals surface area contributed by atoms with Crippen LogP contribution in [0.15, 0.2) is 28.7 Å². The monoisotopic (exact) mass is 380 g/mol. The zero-order chi connectivity index (χ0) is 19.1. The zero-order valence-electron chi connectivity index (χ0n) is 14.4. The number of nitrogens with zero attached hydrogens (tertiary/aromatic N) is 1. The molecule has 26 heavy (non-hydrogen) atoms. The highest BCUT2D eigenvalue weighted by molar-refractivity contribution is 7.89. The first-order valence-corrected chi connectivity index (χ1v) is 9.87. The van der Waals surface area contributed by atoms with Crippen LogP contribution in [0.5, 0.6) is 0 Å². The Kier molecular flexibility index (Phi) is 4.76. The van der Waals surface area contributed by atoms with Gasteiger partial charge in [0, 0.05) is 17.6 Å². The molecule has 0 spiro atoms. The van der Waals surface area contributed by atoms with Crippen LogP contribution in [0.25, 0.3) is 11.0 Å². The molecule has 3 rings (SSSR count). The number of aromatic carboxylic acids is 1. The first kappa shape index (κ1) is 18.4. The maximum absolute atomic E-state index is 12.7. The fraction of sp³-hybridized carbons (Fsp3) is 0.412. The van der Waals surface area contributed by atoms with Crippen LogP contribution in [0.4, 0.5) is 5.69 Å². The molecular weight excluding hydrogens is 360 g/mol. The lowest BCUT2D eigenvalue weighted by atomic mass is 10.0. The third-order valence-electron chi connectivity index (χ3n) is 4.34. The average molecular weight is 380 g/mol. The third-order valence-corrected chi connectivity index (χ3v) is 6.27. The fourth-order valence-electron chi connectivity index (χ4n) is 3.18. The van der Waals surface area contributed by atoms with E-state index in [0.29, 0.717) is 29.6 Å². The van der Waals surface area contributed by atoms with Gasteiger partial charge in [-0.25, -0.2) is 13.2 Å². The van der Waals surface area contributed by atoms with Gasteiger partial charge in [0.2, 0.25) is 21.7 Å². The number of anilines is 1. The van der Waals surface area contributed by atoms with Gasteiger partial charge >= 0.3 is 5.97 Å². The third kappa shape index (κ3) is 3.45. The molecule has 9 heteroatoms. The Labute approximate surface area is 150 Å². The van der Waals surface area contributed by atoms with Gasteiger partial charge in [0.15, 0.2) is 0 Å². The van der Waals surface area contributed by atoms with Crippen LogP contribution in [0, 0.1) is 5.92 Å². The van der Waals surface area contributed by atoms with E-state index in [1.165, 1.54) is 10.4 Å². The first-order valence-electron chi connectivity index (χ1n) is 8.26. The zero-order valence-corrected chi connectivity index (χ0v) is 15.2. The van der Waals surface area contributed by atoms with Crippen LogP contribution >= 0.6 is 0 Å². The number of sulfonamides is 1. The Morgan fingerprint density at radius 2 is 2.00 bits per heavy atom. The van der Waals surface area contributed by atoms with Gasteiger partial charge in [0.1, 0.15) is 11.6 Å². The Balaban J connectivity index is 1.85. The van der Waals surface area contributed by atoms with Crippen LogP contribution in [0.3, 0.4) is 0 Å². The smallest absolute Gasteiger partial charge is 0.371 e. The number of carboxylic acids is 1. The van der Waals surface area contributed by atoms with Crippen molar-refractivity contribution in [2.45, 2.75) is 26.3 Å². The maximum Gasteiger partial charge on any atom is 0.371 e. The molecule has 0 aliphatic carbocycles. The van der Waals surface area contributed by atoms with E-state index in [9.17, 15) is 18.0 Å². The molecule has 2 heterocycles. The molecule has 1 atom stereocenters. The normalized spacial score (nSPS) is 18.3. The Morgan fingerprint density at radius 1 is 1.27 bits per heavy atom. The quantitative estimate of drug-likeness (QED) is 0.821. The average Bonchev–Trinajstić information content (AvgIpc) is 3.10. The molecule has 1 amide bonds. The Hall–Kier alpha value is -2.39. The number of hydrogen-bond acceptors (Lipinski definition) is 5. The predicted molar refractivity (Wildman–Crippen MR) is 95.5 cm³/mol. The molecule has 1 aromatic carbocycles. The molecule has 1 aliphatic rings. The molecule has 1 saturated heterocycles. The van der Waals surface area contributed by atoms with Gasteiger partial charge in [-0.3, -0.25) is 4.79 Å². The summed E-state index contributed by atoms with van der Waals surface area (Å²) >= 11 is 0. The van der Waals surface area contributed by atoms with E-state index >= 15 is 0 Å². The molecule has 0 bridgehead atoms. The Morgan fingerprint density at radius 3 is 2.58 bits per heavy atom. The molecule has 2 aromatic rings. The van der Waals surface area contributed by atoms with Gasteiger partial charge in [0.05, 0.1) is 5.75 Å². The lowest BCUT2D eigenvalue weighted by Gasteiger charge is -2.28. The summed E-state index contributed by atoms with van der Waals surface area (Å²) in [4.78, 5) is 23.7. The summed E-state index contributed by atoms with van der Waals surface area (Å²) < 4.78 is 30.8. The first-order chi connectivity index (χ1) is 12.2. The van der Waals surface area contributed by atoms with Crippen LogP contribution < -0.4 is 5.32 Å². The summed E-state index contributed by atoms with van der Waals surface area (Å²) in [5.41, 5.74) is 0.838. The predicted octanol–water partition coefficient (Wildman–Crippen LogP) is 2.13. The van der Waals surface area contributed by atoms with Crippen molar-refractivity contribution in [2.75, 3.05) is 17.6 Å². The van der Waals surface area contributed by atoms with E-state index in [1.54, 1.807) is 32.0 Å². The number of amides is 1. The largest absolute Gasteiger partial charge is 0.475 e. The molecular formula is C17H20N2O6S. The van der Waals surface area contributed by atoms with Gasteiger partial charge in [0.25, 0.3) is 0 Å². The van der Waals surface area contributed by atoms with Gasteiger partial charge in [-0.05, 0) is 36.6 Å². The van der Waals surface area contributed by atoms with Crippen molar-refractivity contribution in [3.05, 3.63) is 30.0 Å². The molecule has 1 aliphatic heterocycles. The number of carboxylic acid groups (broad SMARTS) is 1. The second-order valence-electron chi connectivity index (χ2n) is 6.63. The number of rotatable bonds is 5. The molecule has 2 N–H and O–H groups in total. The van der Waals surface area contributed by atoms with Gasteiger partial charge < -0.3 is 14.8 Å². The van der Waals surface area contributed by atoms with Crippen LogP contribution in [0.2, 0.25) is 0 Å². The van der Waals surface area contributed by atoms with E-state index in [4.69, 9.17) is 9.52 Å². The highest BCUT2D eigenvalue weighted by atomic mass is 32.2. The topological polar surface area (TPSA) is 117 Å². The number of hydrogen-bond donors (Lipinski definition) is 2. The van der Waals surface area contributed by atoms with E-state index in [0.717, 1.165) is 0 Å². The molecule has 0 radical (unpaired) electrons. The summed E-state index contributed by atoms with van der Waals surface area (Å²) in [7, 11) is -3.42. The van der Waals surface area contributed by atoms with E-state index in [1.807, 2.05) is 0 Å². The Bertz CT molecular complexity index is 963. The molecule has 1 fully saturated rings. The van der Waals surface area contributed by atoms with Crippen molar-refractivity contribution in [2.24, 2.45) is 5.92 Å². The van der Waals surface area contributed by atoms with Crippen molar-refractivity contribution in [1.29, 1.82) is 0 Å². The van der Waals surface area contributed by atoms with Gasteiger partial charge in [-0.2, -0.15) is 4.31 Å². The second-order valence-corrected chi connectivity index (χ2v) is 8.67. The van der Waals surface area contributed by atoms with E-state index in [-0.39, 0.29) is 17.4 Å². The summed E-state index contributed by atoms with van der Waals surface area (Å²) in [6, 6.07) is 5.33. The summed E-state index contributed by atoms with van der Waals surface area (Å²) in [5, 5.41) is 12.3. The SMILES string of the molecule is CC(C)C(C(=O)Nc1ccc2oc(C(=O)O)cc2c1)N1CCCS1(=O)=O. The van der Waals surface area contributed by atoms with E-state index in [2.05, 4.69) is 5.32 Å². The van der Waals surface area contributed by atoms with Gasteiger partial charge in [-0.1, -0.05) is 13.8 Å². The van der Waals surface area contributed by atoms with Crippen molar-refractivity contribution in [3.63, 3.8) is 0 Å². The molecule has 140 valence electrons. The summed E-state index contributed by atoms with van der Waals surface area (Å²) in [5.74, 6) is -1.91. The number of fused-ring (bicyclic) bond motifs is 1. The maximum atomic E-state index is 12.7. The lowest BCUT2D eigenvalue weighted by molar-refractivity contribution is -0.120. The van der Waals surface area contributed by atoms with Gasteiger partial charge in [-0.15, -0.1) is 0 Å². The highest BCUT2D eigenvalue weighted by Gasteiger charge is 2.39. The van der Waals surface area contributed by atoms with Crippen LogP contribution in [-0.4, -0.2) is 48.0 Å². The molecule has 8 nitrogen and oxygen atoms in total. The number of nitrogens with one attached hydrogen (secondary N) is 1. The highest BCUT2D eigenvalue weighted by Crippen LogP contribution is 2.26. The van der Waals surface area contributed by atoms with Crippen molar-refractivity contribution in [3.8, 4) is 0 Å². The standard InChI is InChI=1S/C17H20N2O6S/c1-10(2)15(19-6-3-7-26(19,23)24)16(20)18-12-4-5-13-11(8-12)9-14(25-13)17(21)22/h4-5,8-10,15H,3,6-7H2,1-2H3,(H,18,20)(H,21,22). The number of carbonyl (C=O) groups is 2. The fourth-order valence-corrected chi connectivity index (χ4v) is 5.00. The summed E-state index contributed by atoms with van der Waals surface area (Å²) in [6.07, 6.45) is 0.512. The minimum Gasteiger partial charge on any atom is -0.475 e. The van der Waals surface area contributed by atoms with Crippen LogP contribution in [-0.2, 0) is 14.8 Å². The van der Waals surface area contributed by atoms with Crippen molar-refractivity contribution >= 4 is 38.6 Å². The summed E-state index contributed by atoms with van der Waals surface area (Å²) in [6.45, 7) is 3.94. The number of carbonyl (C=O) groups excluding carboxylic acids is 1. The van der Waals surface area contributed by atoms with E-state index < -0.39 is 27.9 Å². The molecule has 0 saturated carbocycles. The number of furan rings is 1. The minimum atomic E-state index is -3.42. The van der Waals surface area contributed by atoms with Crippen molar-refractivity contribution in [1.82, 2.24) is 4.31 Å². The number of benzene rings is 1. The van der Waals surface area contributed by atoms with Crippen LogP contribution in [0.1, 0.15) is 30.8 Å².